The van der Waals surface area contributed by atoms with Gasteiger partial charge in [0, 0.05) is 31.4 Å². The van der Waals surface area contributed by atoms with Gasteiger partial charge in [0.25, 0.3) is 0 Å². The van der Waals surface area contributed by atoms with E-state index < -0.39 is 0 Å². The molecule has 0 aromatic heterocycles. The van der Waals surface area contributed by atoms with Crippen molar-refractivity contribution >= 4 is 0 Å². The van der Waals surface area contributed by atoms with E-state index in [4.69, 9.17) is 18.9 Å². The van der Waals surface area contributed by atoms with Crippen LogP contribution >= 0.6 is 0 Å². The van der Waals surface area contributed by atoms with Crippen LogP contribution in [0.15, 0.2) is 18.2 Å². The molecular formula is C17H29NO4. The van der Waals surface area contributed by atoms with Crippen molar-refractivity contribution < 1.29 is 18.9 Å². The summed E-state index contributed by atoms with van der Waals surface area (Å²) >= 11 is 0. The zero-order valence-electron chi connectivity index (χ0n) is 14.2. The van der Waals surface area contributed by atoms with Gasteiger partial charge in [-0.05, 0) is 39.3 Å². The summed E-state index contributed by atoms with van der Waals surface area (Å²) in [6.07, 6.45) is 1.81. The maximum atomic E-state index is 5.53. The predicted octanol–water partition coefficient (Wildman–Crippen LogP) is 2.97. The lowest BCUT2D eigenvalue weighted by atomic mass is 10.2. The van der Waals surface area contributed by atoms with Crippen molar-refractivity contribution in [2.75, 3.05) is 34.0 Å². The Bertz CT molecular complexity index is 406. The normalized spacial score (nSPS) is 11.0. The molecule has 0 saturated carbocycles. The molecule has 1 rings (SSSR count). The van der Waals surface area contributed by atoms with Gasteiger partial charge < -0.3 is 24.3 Å². The molecule has 5 nitrogen and oxygen atoms in total. The molecule has 22 heavy (non-hydrogen) atoms. The molecule has 0 fully saturated rings. The third-order valence-corrected chi connectivity index (χ3v) is 3.31. The number of hydrogen-bond acceptors (Lipinski definition) is 5. The van der Waals surface area contributed by atoms with Gasteiger partial charge in [-0.25, -0.2) is 0 Å². The van der Waals surface area contributed by atoms with Crippen LogP contribution in [-0.4, -0.2) is 40.3 Å². The summed E-state index contributed by atoms with van der Waals surface area (Å²) in [7, 11) is 3.33. The van der Waals surface area contributed by atoms with Gasteiger partial charge in [0.1, 0.15) is 11.5 Å². The molecule has 0 bridgehead atoms. The van der Waals surface area contributed by atoms with Crippen molar-refractivity contribution in [1.29, 1.82) is 0 Å². The van der Waals surface area contributed by atoms with E-state index in [1.165, 1.54) is 0 Å². The number of hydrogen-bond donors (Lipinski definition) is 1. The minimum atomic E-state index is -0.0904. The summed E-state index contributed by atoms with van der Waals surface area (Å²) in [5.74, 6) is 1.64. The first kappa shape index (κ1) is 18.7. The lowest BCUT2D eigenvalue weighted by Crippen LogP contribution is -2.21. The highest BCUT2D eigenvalue weighted by Crippen LogP contribution is 2.24. The summed E-state index contributed by atoms with van der Waals surface area (Å²) < 4.78 is 21.6. The maximum Gasteiger partial charge on any atom is 0.157 e. The molecule has 0 aliphatic rings. The smallest absolute Gasteiger partial charge is 0.157 e. The second kappa shape index (κ2) is 11.3. The first-order valence-electron chi connectivity index (χ1n) is 7.89. The number of benzene rings is 1. The van der Waals surface area contributed by atoms with Crippen molar-refractivity contribution in [2.24, 2.45) is 0 Å². The molecule has 0 unspecified atom stereocenters. The largest absolute Gasteiger partial charge is 0.497 e. The molecule has 0 saturated heterocycles. The van der Waals surface area contributed by atoms with Gasteiger partial charge in [0.2, 0.25) is 0 Å². The van der Waals surface area contributed by atoms with Gasteiger partial charge in [-0.2, -0.15) is 0 Å². The summed E-state index contributed by atoms with van der Waals surface area (Å²) in [4.78, 5) is 0. The summed E-state index contributed by atoms with van der Waals surface area (Å²) in [5, 5.41) is 3.42. The van der Waals surface area contributed by atoms with Crippen LogP contribution in [0.25, 0.3) is 0 Å². The topological polar surface area (TPSA) is 49.0 Å². The molecule has 0 spiro atoms. The lowest BCUT2D eigenvalue weighted by Gasteiger charge is -2.17. The van der Waals surface area contributed by atoms with Crippen LogP contribution in [-0.2, 0) is 16.0 Å². The summed E-state index contributed by atoms with van der Waals surface area (Å²) in [6.45, 7) is 7.01. The minimum Gasteiger partial charge on any atom is -0.497 e. The van der Waals surface area contributed by atoms with Gasteiger partial charge in [-0.3, -0.25) is 0 Å². The molecular weight excluding hydrogens is 282 g/mol. The molecule has 126 valence electrons. The third kappa shape index (κ3) is 6.64. The Labute approximate surface area is 133 Å². The first-order valence-corrected chi connectivity index (χ1v) is 7.89. The number of ether oxygens (including phenoxy) is 4. The molecule has 0 aliphatic heterocycles. The minimum absolute atomic E-state index is 0.0904. The van der Waals surface area contributed by atoms with Crippen LogP contribution < -0.4 is 14.8 Å². The molecule has 0 atom stereocenters. The van der Waals surface area contributed by atoms with Crippen molar-refractivity contribution in [3.63, 3.8) is 0 Å². The van der Waals surface area contributed by atoms with E-state index in [0.29, 0.717) is 13.2 Å². The van der Waals surface area contributed by atoms with Crippen LogP contribution in [0.1, 0.15) is 32.3 Å². The molecule has 1 aromatic carbocycles. The van der Waals surface area contributed by atoms with Crippen LogP contribution in [0.4, 0.5) is 0 Å². The van der Waals surface area contributed by atoms with Crippen LogP contribution in [0.2, 0.25) is 0 Å². The molecule has 0 amide bonds. The van der Waals surface area contributed by atoms with E-state index in [1.807, 2.05) is 32.0 Å². The Hall–Kier alpha value is -1.30. The third-order valence-electron chi connectivity index (χ3n) is 3.31. The molecule has 0 radical (unpaired) electrons. The number of nitrogens with one attached hydrogen (secondary N) is 1. The van der Waals surface area contributed by atoms with E-state index in [1.54, 1.807) is 14.2 Å². The van der Waals surface area contributed by atoms with Gasteiger partial charge >= 0.3 is 0 Å². The zero-order valence-corrected chi connectivity index (χ0v) is 14.2. The Morgan fingerprint density at radius 1 is 1.05 bits per heavy atom. The first-order chi connectivity index (χ1) is 10.7. The van der Waals surface area contributed by atoms with E-state index in [2.05, 4.69) is 5.32 Å². The Morgan fingerprint density at radius 2 is 1.77 bits per heavy atom. The predicted molar refractivity (Wildman–Crippen MR) is 87.5 cm³/mol. The average molecular weight is 311 g/mol. The van der Waals surface area contributed by atoms with Gasteiger partial charge in [0.15, 0.2) is 6.29 Å². The average Bonchev–Trinajstić information content (AvgIpc) is 2.55. The highest BCUT2D eigenvalue weighted by atomic mass is 16.7. The van der Waals surface area contributed by atoms with Crippen LogP contribution in [0.3, 0.4) is 0 Å². The number of methoxy groups -OCH3 is 2. The fraction of sp³-hybridized carbons (Fsp3) is 0.647. The molecule has 1 N–H and O–H groups in total. The van der Waals surface area contributed by atoms with E-state index in [0.717, 1.165) is 43.0 Å². The molecule has 0 heterocycles. The lowest BCUT2D eigenvalue weighted by molar-refractivity contribution is -0.139. The van der Waals surface area contributed by atoms with Crippen molar-refractivity contribution in [3.05, 3.63) is 23.8 Å². The Balaban J connectivity index is 2.32. The van der Waals surface area contributed by atoms with Crippen molar-refractivity contribution in [1.82, 2.24) is 5.32 Å². The summed E-state index contributed by atoms with van der Waals surface area (Å²) in [5.41, 5.74) is 1.12. The van der Waals surface area contributed by atoms with E-state index in [-0.39, 0.29) is 6.29 Å². The SMILES string of the molecule is CCOC(CCCNCc1ccc(OC)cc1OC)OCC. The zero-order chi connectivity index (χ0) is 16.2. The molecule has 5 heteroatoms. The summed E-state index contributed by atoms with van der Waals surface area (Å²) in [6, 6.07) is 5.87. The van der Waals surface area contributed by atoms with E-state index >= 15 is 0 Å². The van der Waals surface area contributed by atoms with E-state index in [9.17, 15) is 0 Å². The van der Waals surface area contributed by atoms with Crippen molar-refractivity contribution in [2.45, 2.75) is 39.5 Å². The quantitative estimate of drug-likeness (QED) is 0.475. The van der Waals surface area contributed by atoms with Gasteiger partial charge in [-0.1, -0.05) is 6.07 Å². The highest BCUT2D eigenvalue weighted by Gasteiger charge is 2.08. The van der Waals surface area contributed by atoms with Crippen molar-refractivity contribution in [3.8, 4) is 11.5 Å². The highest BCUT2D eigenvalue weighted by molar-refractivity contribution is 5.40. The Morgan fingerprint density at radius 3 is 2.36 bits per heavy atom. The fourth-order valence-corrected chi connectivity index (χ4v) is 2.20. The van der Waals surface area contributed by atoms with Gasteiger partial charge in [0.05, 0.1) is 14.2 Å². The monoisotopic (exact) mass is 311 g/mol. The number of rotatable bonds is 12. The molecule has 1 aromatic rings. The second-order valence-electron chi connectivity index (χ2n) is 4.84. The fourth-order valence-electron chi connectivity index (χ4n) is 2.20. The molecule has 0 aliphatic carbocycles. The Kier molecular flexibility index (Phi) is 9.62. The van der Waals surface area contributed by atoms with Crippen LogP contribution in [0, 0.1) is 0 Å². The second-order valence-corrected chi connectivity index (χ2v) is 4.84. The van der Waals surface area contributed by atoms with Gasteiger partial charge in [-0.15, -0.1) is 0 Å². The maximum absolute atomic E-state index is 5.53. The van der Waals surface area contributed by atoms with Crippen LogP contribution in [0.5, 0.6) is 11.5 Å². The standard InChI is InChI=1S/C17H29NO4/c1-5-21-17(22-6-2)8-7-11-18-13-14-9-10-15(19-3)12-16(14)20-4/h9-10,12,17-18H,5-8,11,13H2,1-4H3.